The van der Waals surface area contributed by atoms with Gasteiger partial charge in [-0.1, -0.05) is 0 Å². The SMILES string of the molecule is COc1ccc(NC(=O)[C@@H](C)Sc2ccc(F)c(F)c2)cc1OC. The Kier molecular flexibility index (Phi) is 6.03. The van der Waals surface area contributed by atoms with E-state index in [2.05, 4.69) is 5.32 Å². The molecule has 0 aromatic heterocycles. The third-order valence-electron chi connectivity index (χ3n) is 3.22. The molecule has 1 atom stereocenters. The van der Waals surface area contributed by atoms with Crippen LogP contribution in [-0.2, 0) is 4.79 Å². The second-order valence-electron chi connectivity index (χ2n) is 4.90. The molecule has 0 radical (unpaired) electrons. The molecule has 0 heterocycles. The normalized spacial score (nSPS) is 11.7. The molecule has 0 unspecified atom stereocenters. The number of amides is 1. The maximum atomic E-state index is 13.2. The zero-order valence-electron chi connectivity index (χ0n) is 13.4. The number of carbonyl (C=O) groups is 1. The van der Waals surface area contributed by atoms with Crippen molar-refractivity contribution in [3.05, 3.63) is 48.0 Å². The van der Waals surface area contributed by atoms with Crippen LogP contribution in [0.1, 0.15) is 6.92 Å². The summed E-state index contributed by atoms with van der Waals surface area (Å²) in [6.07, 6.45) is 0. The van der Waals surface area contributed by atoms with Gasteiger partial charge >= 0.3 is 0 Å². The van der Waals surface area contributed by atoms with Gasteiger partial charge in [-0.2, -0.15) is 0 Å². The Morgan fingerprint density at radius 2 is 1.75 bits per heavy atom. The molecule has 2 aromatic carbocycles. The summed E-state index contributed by atoms with van der Waals surface area (Å²) in [6.45, 7) is 1.68. The lowest BCUT2D eigenvalue weighted by atomic mass is 10.2. The first kappa shape index (κ1) is 18.1. The van der Waals surface area contributed by atoms with Crippen LogP contribution in [-0.4, -0.2) is 25.4 Å². The summed E-state index contributed by atoms with van der Waals surface area (Å²) in [5, 5.41) is 2.25. The van der Waals surface area contributed by atoms with E-state index in [1.807, 2.05) is 0 Å². The van der Waals surface area contributed by atoms with E-state index >= 15 is 0 Å². The molecule has 1 amide bonds. The molecule has 7 heteroatoms. The number of methoxy groups -OCH3 is 2. The molecule has 24 heavy (non-hydrogen) atoms. The van der Waals surface area contributed by atoms with E-state index in [0.29, 0.717) is 22.1 Å². The summed E-state index contributed by atoms with van der Waals surface area (Å²) < 4.78 is 36.5. The number of hydrogen-bond donors (Lipinski definition) is 1. The Hall–Kier alpha value is -2.28. The van der Waals surface area contributed by atoms with Crippen LogP contribution in [0.15, 0.2) is 41.3 Å². The molecule has 0 aliphatic carbocycles. The topological polar surface area (TPSA) is 47.6 Å². The molecule has 0 fully saturated rings. The van der Waals surface area contributed by atoms with Gasteiger partial charge in [0.15, 0.2) is 23.1 Å². The van der Waals surface area contributed by atoms with E-state index < -0.39 is 16.9 Å². The molecule has 2 rings (SSSR count). The Morgan fingerprint density at radius 1 is 1.04 bits per heavy atom. The Balaban J connectivity index is 2.04. The van der Waals surface area contributed by atoms with E-state index in [0.717, 1.165) is 23.9 Å². The number of rotatable bonds is 6. The molecule has 2 aromatic rings. The minimum atomic E-state index is -0.938. The Bertz CT molecular complexity index is 740. The van der Waals surface area contributed by atoms with Gasteiger partial charge < -0.3 is 14.8 Å². The quantitative estimate of drug-likeness (QED) is 0.794. The highest BCUT2D eigenvalue weighted by molar-refractivity contribution is 8.00. The largest absolute Gasteiger partial charge is 0.493 e. The minimum Gasteiger partial charge on any atom is -0.493 e. The Morgan fingerprint density at radius 3 is 2.38 bits per heavy atom. The summed E-state index contributed by atoms with van der Waals surface area (Å²) in [7, 11) is 3.03. The van der Waals surface area contributed by atoms with Gasteiger partial charge in [-0.3, -0.25) is 4.79 Å². The maximum absolute atomic E-state index is 13.2. The number of halogens is 2. The molecule has 4 nitrogen and oxygen atoms in total. The van der Waals surface area contributed by atoms with Crippen LogP contribution in [0.25, 0.3) is 0 Å². The van der Waals surface area contributed by atoms with E-state index in [-0.39, 0.29) is 5.91 Å². The van der Waals surface area contributed by atoms with Crippen molar-refractivity contribution in [1.29, 1.82) is 0 Å². The highest BCUT2D eigenvalue weighted by atomic mass is 32.2. The van der Waals surface area contributed by atoms with E-state index in [9.17, 15) is 13.6 Å². The van der Waals surface area contributed by atoms with Gasteiger partial charge in [-0.15, -0.1) is 11.8 Å². The van der Waals surface area contributed by atoms with Crippen LogP contribution in [0.5, 0.6) is 11.5 Å². The number of carbonyl (C=O) groups excluding carboxylic acids is 1. The number of thioether (sulfide) groups is 1. The zero-order valence-corrected chi connectivity index (χ0v) is 14.2. The lowest BCUT2D eigenvalue weighted by Crippen LogP contribution is -2.22. The van der Waals surface area contributed by atoms with Crippen molar-refractivity contribution >= 4 is 23.4 Å². The van der Waals surface area contributed by atoms with E-state index in [1.54, 1.807) is 25.1 Å². The first-order valence-corrected chi connectivity index (χ1v) is 7.97. The summed E-state index contributed by atoms with van der Waals surface area (Å²) in [4.78, 5) is 12.7. The van der Waals surface area contributed by atoms with Crippen molar-refractivity contribution in [2.24, 2.45) is 0 Å². The van der Waals surface area contributed by atoms with Crippen LogP contribution >= 0.6 is 11.8 Å². The van der Waals surface area contributed by atoms with Crippen molar-refractivity contribution in [3.63, 3.8) is 0 Å². The average molecular weight is 353 g/mol. The fourth-order valence-electron chi connectivity index (χ4n) is 1.97. The van der Waals surface area contributed by atoms with E-state index in [4.69, 9.17) is 9.47 Å². The molecular formula is C17H17F2NO3S. The standard InChI is InChI=1S/C17H17F2NO3S/c1-10(24-12-5-6-13(18)14(19)9-12)17(21)20-11-4-7-15(22-2)16(8-11)23-3/h4-10H,1-3H3,(H,20,21)/t10-/m1/s1. The third-order valence-corrected chi connectivity index (χ3v) is 4.32. The minimum absolute atomic E-state index is 0.267. The summed E-state index contributed by atoms with van der Waals surface area (Å²) >= 11 is 1.14. The molecule has 0 aliphatic rings. The van der Waals surface area contributed by atoms with Crippen molar-refractivity contribution in [1.82, 2.24) is 0 Å². The fraction of sp³-hybridized carbons (Fsp3) is 0.235. The molecule has 128 valence electrons. The number of benzene rings is 2. The molecule has 0 bridgehead atoms. The molecular weight excluding hydrogens is 336 g/mol. The predicted octanol–water partition coefficient (Wildman–Crippen LogP) is 4.10. The van der Waals surface area contributed by atoms with Gasteiger partial charge in [0.1, 0.15) is 0 Å². The van der Waals surface area contributed by atoms with Crippen LogP contribution in [0.4, 0.5) is 14.5 Å². The highest BCUT2D eigenvalue weighted by Crippen LogP contribution is 2.30. The highest BCUT2D eigenvalue weighted by Gasteiger charge is 2.16. The molecule has 0 saturated carbocycles. The van der Waals surface area contributed by atoms with Crippen LogP contribution < -0.4 is 14.8 Å². The third kappa shape index (κ3) is 4.38. The van der Waals surface area contributed by atoms with Crippen molar-refractivity contribution in [3.8, 4) is 11.5 Å². The summed E-state index contributed by atoms with van der Waals surface area (Å²) in [5.74, 6) is -1.07. The van der Waals surface area contributed by atoms with Gasteiger partial charge in [0.25, 0.3) is 0 Å². The van der Waals surface area contributed by atoms with Gasteiger partial charge in [0.05, 0.1) is 19.5 Å². The molecule has 0 spiro atoms. The first-order valence-electron chi connectivity index (χ1n) is 7.09. The van der Waals surface area contributed by atoms with Gasteiger partial charge in [0.2, 0.25) is 5.91 Å². The monoisotopic (exact) mass is 353 g/mol. The van der Waals surface area contributed by atoms with Crippen molar-refractivity contribution in [2.75, 3.05) is 19.5 Å². The average Bonchev–Trinajstić information content (AvgIpc) is 2.57. The number of ether oxygens (including phenoxy) is 2. The van der Waals surface area contributed by atoms with Crippen molar-refractivity contribution in [2.45, 2.75) is 17.1 Å². The number of hydrogen-bond acceptors (Lipinski definition) is 4. The van der Waals surface area contributed by atoms with Crippen LogP contribution in [0.3, 0.4) is 0 Å². The summed E-state index contributed by atoms with van der Waals surface area (Å²) in [6, 6.07) is 8.56. The number of anilines is 1. The van der Waals surface area contributed by atoms with Gasteiger partial charge in [-0.05, 0) is 37.3 Å². The summed E-state index contributed by atoms with van der Waals surface area (Å²) in [5.41, 5.74) is 0.551. The molecule has 1 N–H and O–H groups in total. The van der Waals surface area contributed by atoms with E-state index in [1.165, 1.54) is 20.3 Å². The second-order valence-corrected chi connectivity index (χ2v) is 6.31. The fourth-order valence-corrected chi connectivity index (χ4v) is 2.86. The lowest BCUT2D eigenvalue weighted by molar-refractivity contribution is -0.115. The predicted molar refractivity (Wildman–Crippen MR) is 89.9 cm³/mol. The van der Waals surface area contributed by atoms with Gasteiger partial charge in [0, 0.05) is 16.6 Å². The van der Waals surface area contributed by atoms with Crippen LogP contribution in [0.2, 0.25) is 0 Å². The zero-order chi connectivity index (χ0) is 17.7. The van der Waals surface area contributed by atoms with Gasteiger partial charge in [-0.25, -0.2) is 8.78 Å². The van der Waals surface area contributed by atoms with Crippen LogP contribution in [0, 0.1) is 11.6 Å². The Labute approximate surface area is 143 Å². The smallest absolute Gasteiger partial charge is 0.237 e. The molecule has 0 aliphatic heterocycles. The lowest BCUT2D eigenvalue weighted by Gasteiger charge is -2.14. The number of nitrogens with one attached hydrogen (secondary N) is 1. The van der Waals surface area contributed by atoms with Crippen molar-refractivity contribution < 1.29 is 23.0 Å². The second kappa shape index (κ2) is 8.01. The first-order chi connectivity index (χ1) is 11.4. The molecule has 0 saturated heterocycles. The maximum Gasteiger partial charge on any atom is 0.237 e.